The van der Waals surface area contributed by atoms with E-state index in [0.29, 0.717) is 0 Å². The van der Waals surface area contributed by atoms with Gasteiger partial charge in [-0.15, -0.1) is 11.8 Å². The summed E-state index contributed by atoms with van der Waals surface area (Å²) in [5.41, 5.74) is 2.84. The second-order valence-electron chi connectivity index (χ2n) is 5.49. The minimum absolute atomic E-state index is 0.0902. The molecule has 2 aromatic carbocycles. The summed E-state index contributed by atoms with van der Waals surface area (Å²) in [7, 11) is 0. The van der Waals surface area contributed by atoms with Crippen molar-refractivity contribution in [1.82, 2.24) is 0 Å². The highest BCUT2D eigenvalue weighted by atomic mass is 32.2. The number of rotatable bonds is 5. The van der Waals surface area contributed by atoms with Crippen molar-refractivity contribution in [2.75, 3.05) is 11.1 Å². The largest absolute Gasteiger partial charge is 0.323 e. The third kappa shape index (κ3) is 4.32. The first-order valence-corrected chi connectivity index (χ1v) is 8.21. The maximum absolute atomic E-state index is 13.7. The number of nitro benzene ring substituents is 1. The lowest BCUT2D eigenvalue weighted by Gasteiger charge is -2.11. The van der Waals surface area contributed by atoms with Gasteiger partial charge in [0.1, 0.15) is 5.82 Å². The Labute approximate surface area is 143 Å². The van der Waals surface area contributed by atoms with Crippen molar-refractivity contribution in [2.45, 2.75) is 25.7 Å². The number of aryl methyl sites for hydroxylation is 3. The number of amides is 1. The summed E-state index contributed by atoms with van der Waals surface area (Å²) in [5.74, 6) is -1.03. The molecule has 0 radical (unpaired) electrons. The van der Waals surface area contributed by atoms with Crippen LogP contribution in [-0.2, 0) is 4.79 Å². The number of anilines is 1. The maximum Gasteiger partial charge on any atom is 0.271 e. The number of nitrogens with one attached hydrogen (secondary N) is 1. The molecule has 0 aliphatic carbocycles. The molecule has 5 nitrogen and oxygen atoms in total. The van der Waals surface area contributed by atoms with Crippen molar-refractivity contribution in [3.63, 3.8) is 0 Å². The number of carbonyl (C=O) groups is 1. The average Bonchev–Trinajstić information content (AvgIpc) is 2.48. The summed E-state index contributed by atoms with van der Waals surface area (Å²) in [6, 6.07) is 7.11. The number of nitrogens with zero attached hydrogens (tertiary/aromatic N) is 1. The van der Waals surface area contributed by atoms with Gasteiger partial charge in [0.15, 0.2) is 0 Å². The lowest BCUT2D eigenvalue weighted by molar-refractivity contribution is -0.384. The Morgan fingerprint density at radius 2 is 1.83 bits per heavy atom. The minimum Gasteiger partial charge on any atom is -0.323 e. The molecule has 0 atom stereocenters. The van der Waals surface area contributed by atoms with E-state index in [2.05, 4.69) is 5.32 Å². The zero-order chi connectivity index (χ0) is 17.9. The highest BCUT2D eigenvalue weighted by molar-refractivity contribution is 8.00. The zero-order valence-corrected chi connectivity index (χ0v) is 14.4. The molecular weight excluding hydrogens is 331 g/mol. The van der Waals surface area contributed by atoms with Crippen LogP contribution in [0, 0.1) is 36.7 Å². The molecule has 0 spiro atoms. The Morgan fingerprint density at radius 1 is 1.21 bits per heavy atom. The van der Waals surface area contributed by atoms with Crippen molar-refractivity contribution >= 4 is 29.0 Å². The van der Waals surface area contributed by atoms with Crippen molar-refractivity contribution < 1.29 is 14.1 Å². The first-order valence-electron chi connectivity index (χ1n) is 7.22. The second-order valence-corrected chi connectivity index (χ2v) is 6.47. The van der Waals surface area contributed by atoms with E-state index in [9.17, 15) is 19.3 Å². The summed E-state index contributed by atoms with van der Waals surface area (Å²) in [4.78, 5) is 23.1. The minimum atomic E-state index is -0.707. The number of carbonyl (C=O) groups excluding carboxylic acids is 1. The molecule has 1 amide bonds. The summed E-state index contributed by atoms with van der Waals surface area (Å²) in [5, 5.41) is 13.1. The van der Waals surface area contributed by atoms with E-state index in [1.807, 2.05) is 32.9 Å². The lowest BCUT2D eigenvalue weighted by atomic mass is 10.1. The molecule has 0 aromatic heterocycles. The SMILES string of the molecule is Cc1cc(C)c(SCC(=O)Nc2cc([N+](=O)[O-])ccc2F)c(C)c1. The fraction of sp³-hybridized carbons (Fsp3) is 0.235. The van der Waals surface area contributed by atoms with Crippen LogP contribution in [0.15, 0.2) is 35.2 Å². The van der Waals surface area contributed by atoms with Gasteiger partial charge in [-0.3, -0.25) is 14.9 Å². The van der Waals surface area contributed by atoms with Gasteiger partial charge < -0.3 is 5.32 Å². The fourth-order valence-corrected chi connectivity index (χ4v) is 3.36. The Hall–Kier alpha value is -2.41. The van der Waals surface area contributed by atoms with Crippen LogP contribution in [0.1, 0.15) is 16.7 Å². The summed E-state index contributed by atoms with van der Waals surface area (Å²) in [6.45, 7) is 5.95. The molecule has 2 aromatic rings. The topological polar surface area (TPSA) is 72.2 Å². The van der Waals surface area contributed by atoms with Gasteiger partial charge in [0.2, 0.25) is 5.91 Å². The smallest absolute Gasteiger partial charge is 0.271 e. The van der Waals surface area contributed by atoms with Gasteiger partial charge in [-0.1, -0.05) is 17.7 Å². The van der Waals surface area contributed by atoms with E-state index in [0.717, 1.165) is 39.8 Å². The standard InChI is InChI=1S/C17H17FN2O3S/c1-10-6-11(2)17(12(3)7-10)24-9-16(21)19-15-8-13(20(22)23)4-5-14(15)18/h4-8H,9H2,1-3H3,(H,19,21). The van der Waals surface area contributed by atoms with Gasteiger partial charge in [-0.2, -0.15) is 0 Å². The molecule has 0 heterocycles. The van der Waals surface area contributed by atoms with Gasteiger partial charge in [0.05, 0.1) is 16.4 Å². The van der Waals surface area contributed by atoms with E-state index >= 15 is 0 Å². The van der Waals surface area contributed by atoms with Crippen molar-refractivity contribution in [3.05, 3.63) is 63.0 Å². The maximum atomic E-state index is 13.7. The number of halogens is 1. The van der Waals surface area contributed by atoms with Gasteiger partial charge in [0, 0.05) is 17.0 Å². The Morgan fingerprint density at radius 3 is 2.42 bits per heavy atom. The van der Waals surface area contributed by atoms with Crippen LogP contribution >= 0.6 is 11.8 Å². The number of non-ortho nitro benzene ring substituents is 1. The van der Waals surface area contributed by atoms with Crippen LogP contribution in [0.2, 0.25) is 0 Å². The molecule has 126 valence electrons. The predicted molar refractivity (Wildman–Crippen MR) is 93.1 cm³/mol. The molecule has 0 saturated carbocycles. The van der Waals surface area contributed by atoms with Crippen LogP contribution in [0.25, 0.3) is 0 Å². The van der Waals surface area contributed by atoms with Gasteiger partial charge in [0.25, 0.3) is 5.69 Å². The lowest BCUT2D eigenvalue weighted by Crippen LogP contribution is -2.15. The quantitative estimate of drug-likeness (QED) is 0.494. The fourth-order valence-electron chi connectivity index (χ4n) is 2.44. The predicted octanol–water partition coefficient (Wildman–Crippen LogP) is 4.39. The average molecular weight is 348 g/mol. The molecule has 2 rings (SSSR count). The first-order chi connectivity index (χ1) is 11.3. The molecule has 0 aliphatic heterocycles. The molecular formula is C17H17FN2O3S. The summed E-state index contributed by atoms with van der Waals surface area (Å²) < 4.78 is 13.7. The highest BCUT2D eigenvalue weighted by Gasteiger charge is 2.14. The third-order valence-corrected chi connectivity index (χ3v) is 4.73. The molecule has 0 fully saturated rings. The van der Waals surface area contributed by atoms with Crippen LogP contribution in [0.3, 0.4) is 0 Å². The molecule has 24 heavy (non-hydrogen) atoms. The van der Waals surface area contributed by atoms with Crippen LogP contribution < -0.4 is 5.32 Å². The molecule has 0 aliphatic rings. The Balaban J connectivity index is 2.07. The van der Waals surface area contributed by atoms with E-state index in [1.165, 1.54) is 11.8 Å². The van der Waals surface area contributed by atoms with Crippen LogP contribution in [-0.4, -0.2) is 16.6 Å². The third-order valence-electron chi connectivity index (χ3n) is 3.39. The van der Waals surface area contributed by atoms with E-state index in [-0.39, 0.29) is 17.1 Å². The van der Waals surface area contributed by atoms with Gasteiger partial charge >= 0.3 is 0 Å². The number of nitro groups is 1. The van der Waals surface area contributed by atoms with Crippen LogP contribution in [0.5, 0.6) is 0 Å². The number of thioether (sulfide) groups is 1. The normalized spacial score (nSPS) is 10.5. The number of hydrogen-bond acceptors (Lipinski definition) is 4. The monoisotopic (exact) mass is 348 g/mol. The van der Waals surface area contributed by atoms with E-state index in [1.54, 1.807) is 0 Å². The van der Waals surface area contributed by atoms with Crippen molar-refractivity contribution in [1.29, 1.82) is 0 Å². The van der Waals surface area contributed by atoms with Crippen LogP contribution in [0.4, 0.5) is 15.8 Å². The van der Waals surface area contributed by atoms with Crippen molar-refractivity contribution in [2.24, 2.45) is 0 Å². The first kappa shape index (κ1) is 17.9. The second kappa shape index (κ2) is 7.44. The molecule has 1 N–H and O–H groups in total. The zero-order valence-electron chi connectivity index (χ0n) is 13.6. The molecule has 0 unspecified atom stereocenters. The number of benzene rings is 2. The highest BCUT2D eigenvalue weighted by Crippen LogP contribution is 2.28. The van der Waals surface area contributed by atoms with E-state index < -0.39 is 16.6 Å². The van der Waals surface area contributed by atoms with E-state index in [4.69, 9.17) is 0 Å². The molecule has 0 bridgehead atoms. The Kier molecular flexibility index (Phi) is 5.56. The van der Waals surface area contributed by atoms with Crippen molar-refractivity contribution in [3.8, 4) is 0 Å². The summed E-state index contributed by atoms with van der Waals surface area (Å²) >= 11 is 1.36. The molecule has 0 saturated heterocycles. The Bertz CT molecular complexity index is 785. The molecule has 7 heteroatoms. The van der Waals surface area contributed by atoms with Gasteiger partial charge in [-0.05, 0) is 38.0 Å². The number of hydrogen-bond donors (Lipinski definition) is 1. The summed E-state index contributed by atoms with van der Waals surface area (Å²) in [6.07, 6.45) is 0. The van der Waals surface area contributed by atoms with Gasteiger partial charge in [-0.25, -0.2) is 4.39 Å².